The zero-order valence-corrected chi connectivity index (χ0v) is 15.5. The molecule has 0 fully saturated rings. The van der Waals surface area contributed by atoms with E-state index in [9.17, 15) is 14.5 Å². The fourth-order valence-electron chi connectivity index (χ4n) is 2.73. The average molecular weight is 395 g/mol. The molecule has 0 atom stereocenters. The van der Waals surface area contributed by atoms with Crippen LogP contribution < -0.4 is 10.1 Å². The molecule has 0 saturated carbocycles. The van der Waals surface area contributed by atoms with Gasteiger partial charge in [0.15, 0.2) is 11.6 Å². The van der Waals surface area contributed by atoms with Crippen LogP contribution in [0.15, 0.2) is 60.8 Å². The topological polar surface area (TPSA) is 77.3 Å². The van der Waals surface area contributed by atoms with Gasteiger partial charge in [0, 0.05) is 24.0 Å². The Bertz CT molecular complexity index is 1190. The molecule has 2 aromatic heterocycles. The van der Waals surface area contributed by atoms with E-state index in [1.807, 2.05) is 37.3 Å². The van der Waals surface area contributed by atoms with Crippen molar-refractivity contribution < 1.29 is 14.1 Å². The number of non-ortho nitro benzene ring substituents is 1. The number of nitrogens with zero attached hydrogens (tertiary/aromatic N) is 2. The number of halogens is 1. The Balaban J connectivity index is 1.65. The average Bonchev–Trinajstić information content (AvgIpc) is 3.06. The fraction of sp³-hybridized carbons (Fsp3) is 0.0500. The van der Waals surface area contributed by atoms with Crippen molar-refractivity contribution in [1.82, 2.24) is 4.98 Å². The summed E-state index contributed by atoms with van der Waals surface area (Å²) in [6, 6.07) is 14.8. The quantitative estimate of drug-likeness (QED) is 0.322. The second-order valence-corrected chi connectivity index (χ2v) is 7.15. The second-order valence-electron chi connectivity index (χ2n) is 6.10. The number of rotatable bonds is 5. The molecule has 0 aliphatic carbocycles. The second kappa shape index (κ2) is 7.24. The summed E-state index contributed by atoms with van der Waals surface area (Å²) in [5.74, 6) is -0.450. The summed E-state index contributed by atoms with van der Waals surface area (Å²) in [6.07, 6.45) is 1.57. The van der Waals surface area contributed by atoms with Gasteiger partial charge in [0.1, 0.15) is 5.75 Å². The van der Waals surface area contributed by atoms with Crippen molar-refractivity contribution in [2.75, 3.05) is 5.32 Å². The molecule has 140 valence electrons. The van der Waals surface area contributed by atoms with E-state index >= 15 is 0 Å². The lowest BCUT2D eigenvalue weighted by atomic mass is 10.2. The molecular weight excluding hydrogens is 381 g/mol. The van der Waals surface area contributed by atoms with Crippen molar-refractivity contribution in [3.63, 3.8) is 0 Å². The van der Waals surface area contributed by atoms with Crippen LogP contribution in [0.2, 0.25) is 0 Å². The summed E-state index contributed by atoms with van der Waals surface area (Å²) in [5.41, 5.74) is 2.47. The number of fused-ring (bicyclic) bond motifs is 1. The highest BCUT2D eigenvalue weighted by atomic mass is 32.1. The first-order valence-electron chi connectivity index (χ1n) is 8.33. The Morgan fingerprint density at radius 3 is 2.75 bits per heavy atom. The zero-order valence-electron chi connectivity index (χ0n) is 14.7. The molecule has 0 unspecified atom stereocenters. The number of nitrogens with one attached hydrogen (secondary N) is 1. The molecule has 6 nitrogen and oxygen atoms in total. The molecule has 0 saturated heterocycles. The predicted molar refractivity (Wildman–Crippen MR) is 107 cm³/mol. The largest absolute Gasteiger partial charge is 0.453 e. The number of aromatic nitrogens is 1. The lowest BCUT2D eigenvalue weighted by molar-refractivity contribution is -0.385. The lowest BCUT2D eigenvalue weighted by Crippen LogP contribution is -1.92. The van der Waals surface area contributed by atoms with E-state index in [-0.39, 0.29) is 11.4 Å². The molecular formula is C20H14FN3O3S. The Morgan fingerprint density at radius 2 is 2.00 bits per heavy atom. The molecule has 1 N–H and O–H groups in total. The normalized spacial score (nSPS) is 10.8. The van der Waals surface area contributed by atoms with Crippen molar-refractivity contribution in [3.8, 4) is 11.5 Å². The van der Waals surface area contributed by atoms with Gasteiger partial charge < -0.3 is 10.1 Å². The molecule has 0 bridgehead atoms. The molecule has 4 rings (SSSR count). The summed E-state index contributed by atoms with van der Waals surface area (Å²) in [5, 5.41) is 15.0. The van der Waals surface area contributed by atoms with E-state index in [0.717, 1.165) is 27.0 Å². The van der Waals surface area contributed by atoms with Crippen LogP contribution in [0, 0.1) is 22.9 Å². The Labute approximate surface area is 163 Å². The maximum atomic E-state index is 14.2. The minimum absolute atomic E-state index is 0.0836. The van der Waals surface area contributed by atoms with E-state index in [2.05, 4.69) is 10.3 Å². The number of nitro groups is 1. The van der Waals surface area contributed by atoms with Gasteiger partial charge in [-0.1, -0.05) is 12.1 Å². The van der Waals surface area contributed by atoms with Gasteiger partial charge in [-0.2, -0.15) is 0 Å². The highest BCUT2D eigenvalue weighted by molar-refractivity contribution is 7.23. The van der Waals surface area contributed by atoms with Gasteiger partial charge in [-0.05, 0) is 36.8 Å². The van der Waals surface area contributed by atoms with Crippen molar-refractivity contribution in [2.24, 2.45) is 0 Å². The molecule has 0 radical (unpaired) electrons. The van der Waals surface area contributed by atoms with Crippen LogP contribution in [0.5, 0.6) is 11.5 Å². The number of nitro benzene ring substituents is 1. The van der Waals surface area contributed by atoms with Gasteiger partial charge >= 0.3 is 0 Å². The predicted octanol–water partition coefficient (Wildman–Crippen LogP) is 6.19. The van der Waals surface area contributed by atoms with Crippen LogP contribution in [0.3, 0.4) is 0 Å². The van der Waals surface area contributed by atoms with E-state index in [0.29, 0.717) is 11.3 Å². The molecule has 8 heteroatoms. The smallest absolute Gasteiger partial charge is 0.272 e. The van der Waals surface area contributed by atoms with Gasteiger partial charge in [-0.25, -0.2) is 4.39 Å². The maximum Gasteiger partial charge on any atom is 0.272 e. The molecule has 0 aliphatic heterocycles. The third-order valence-corrected chi connectivity index (χ3v) is 5.06. The highest BCUT2D eigenvalue weighted by Crippen LogP contribution is 2.39. The van der Waals surface area contributed by atoms with Crippen LogP contribution in [0.4, 0.5) is 20.8 Å². The molecule has 2 aromatic carbocycles. The Morgan fingerprint density at radius 1 is 1.14 bits per heavy atom. The number of ether oxygens (including phenoxy) is 1. The summed E-state index contributed by atoms with van der Waals surface area (Å²) in [7, 11) is 0. The van der Waals surface area contributed by atoms with Crippen molar-refractivity contribution >= 4 is 37.9 Å². The van der Waals surface area contributed by atoms with Gasteiger partial charge in [-0.3, -0.25) is 15.1 Å². The third kappa shape index (κ3) is 3.63. The van der Waals surface area contributed by atoms with Crippen LogP contribution in [0.1, 0.15) is 5.56 Å². The first-order valence-corrected chi connectivity index (χ1v) is 9.15. The van der Waals surface area contributed by atoms with E-state index in [1.54, 1.807) is 12.3 Å². The number of hydrogen-bond donors (Lipinski definition) is 1. The zero-order chi connectivity index (χ0) is 19.7. The summed E-state index contributed by atoms with van der Waals surface area (Å²) >= 11 is 1.43. The lowest BCUT2D eigenvalue weighted by Gasteiger charge is -2.07. The summed E-state index contributed by atoms with van der Waals surface area (Å²) in [4.78, 5) is 14.4. The minimum Gasteiger partial charge on any atom is -0.453 e. The number of anilines is 2. The van der Waals surface area contributed by atoms with Gasteiger partial charge in [0.05, 0.1) is 26.2 Å². The third-order valence-electron chi connectivity index (χ3n) is 4.01. The van der Waals surface area contributed by atoms with Crippen LogP contribution in [0.25, 0.3) is 10.2 Å². The number of thiophene rings is 1. The van der Waals surface area contributed by atoms with E-state index in [4.69, 9.17) is 4.74 Å². The molecule has 4 aromatic rings. The van der Waals surface area contributed by atoms with Crippen molar-refractivity contribution in [1.29, 1.82) is 0 Å². The molecule has 2 heterocycles. The van der Waals surface area contributed by atoms with E-state index < -0.39 is 10.7 Å². The van der Waals surface area contributed by atoms with Crippen LogP contribution >= 0.6 is 11.3 Å². The summed E-state index contributed by atoms with van der Waals surface area (Å²) in [6.45, 7) is 2.02. The Hall–Kier alpha value is -3.52. The van der Waals surface area contributed by atoms with Crippen molar-refractivity contribution in [2.45, 2.75) is 6.92 Å². The van der Waals surface area contributed by atoms with Crippen molar-refractivity contribution in [3.05, 3.63) is 82.3 Å². The van der Waals surface area contributed by atoms with E-state index in [1.165, 1.54) is 23.5 Å². The number of hydrogen-bond acceptors (Lipinski definition) is 6. The van der Waals surface area contributed by atoms with Crippen LogP contribution in [-0.4, -0.2) is 9.91 Å². The number of benzene rings is 2. The maximum absolute atomic E-state index is 14.2. The monoisotopic (exact) mass is 395 g/mol. The standard InChI is InChI=1S/C20H14FN3O3S/c1-12-3-2-4-13(9-12)23-19-11-16-20(28-19)18(7-8-22-16)27-17-6-5-14(24(25)26)10-15(17)21/h2-11,23H,1H3. The van der Waals surface area contributed by atoms with Gasteiger partial charge in [0.25, 0.3) is 5.69 Å². The summed E-state index contributed by atoms with van der Waals surface area (Å²) < 4.78 is 20.6. The molecule has 28 heavy (non-hydrogen) atoms. The van der Waals surface area contributed by atoms with Gasteiger partial charge in [0.2, 0.25) is 0 Å². The SMILES string of the molecule is Cc1cccc(Nc2cc3nccc(Oc4ccc([N+](=O)[O-])cc4F)c3s2)c1. The van der Waals surface area contributed by atoms with Crippen LogP contribution in [-0.2, 0) is 0 Å². The minimum atomic E-state index is -0.797. The van der Waals surface area contributed by atoms with Gasteiger partial charge in [-0.15, -0.1) is 11.3 Å². The number of aryl methyl sites for hydroxylation is 1. The molecule has 0 aliphatic rings. The Kier molecular flexibility index (Phi) is 4.62. The highest BCUT2D eigenvalue weighted by Gasteiger charge is 2.15. The molecule has 0 spiro atoms. The fourth-order valence-corrected chi connectivity index (χ4v) is 3.71. The first-order chi connectivity index (χ1) is 13.5. The molecule has 0 amide bonds. The first kappa shape index (κ1) is 17.9. The number of pyridine rings is 1.